The highest BCUT2D eigenvalue weighted by Gasteiger charge is 2.29. The summed E-state index contributed by atoms with van der Waals surface area (Å²) in [5, 5.41) is 6.26. The standard InChI is InChI=1S/C14H14F3N3O3/c1-2-11-10(7-23-20-11)12(21)19-6-9-4-3-5-18-13(9)22-8-14(15,16)17/h3-5,7H,2,6,8H2,1H3,(H,19,21). The van der Waals surface area contributed by atoms with Crippen molar-refractivity contribution in [3.63, 3.8) is 0 Å². The summed E-state index contributed by atoms with van der Waals surface area (Å²) in [6.45, 7) is 0.337. The summed E-state index contributed by atoms with van der Waals surface area (Å²) >= 11 is 0. The van der Waals surface area contributed by atoms with E-state index in [-0.39, 0.29) is 18.0 Å². The fourth-order valence-electron chi connectivity index (χ4n) is 1.81. The molecule has 0 unspecified atom stereocenters. The van der Waals surface area contributed by atoms with E-state index in [0.29, 0.717) is 17.7 Å². The Morgan fingerprint density at radius 1 is 1.43 bits per heavy atom. The topological polar surface area (TPSA) is 77.3 Å². The van der Waals surface area contributed by atoms with Gasteiger partial charge in [-0.05, 0) is 12.5 Å². The number of hydrogen-bond donors (Lipinski definition) is 1. The molecule has 2 rings (SSSR count). The van der Waals surface area contributed by atoms with Gasteiger partial charge in [0.2, 0.25) is 5.88 Å². The van der Waals surface area contributed by atoms with Crippen molar-refractivity contribution in [3.8, 4) is 5.88 Å². The molecule has 0 saturated carbocycles. The van der Waals surface area contributed by atoms with Gasteiger partial charge >= 0.3 is 6.18 Å². The molecule has 0 bridgehead atoms. The number of aryl methyl sites for hydroxylation is 1. The van der Waals surface area contributed by atoms with Crippen LogP contribution in [-0.4, -0.2) is 28.8 Å². The third-order valence-electron chi connectivity index (χ3n) is 2.89. The van der Waals surface area contributed by atoms with Gasteiger partial charge in [0.25, 0.3) is 5.91 Å². The molecule has 0 radical (unpaired) electrons. The molecule has 0 aliphatic heterocycles. The highest BCUT2D eigenvalue weighted by atomic mass is 19.4. The molecule has 1 N–H and O–H groups in total. The molecule has 0 aromatic carbocycles. The SMILES string of the molecule is CCc1nocc1C(=O)NCc1cccnc1OCC(F)(F)F. The first-order valence-electron chi connectivity index (χ1n) is 6.75. The van der Waals surface area contributed by atoms with E-state index >= 15 is 0 Å². The Kier molecular flexibility index (Phi) is 5.20. The first-order chi connectivity index (χ1) is 10.9. The molecule has 2 heterocycles. The highest BCUT2D eigenvalue weighted by molar-refractivity contribution is 5.94. The van der Waals surface area contributed by atoms with Crippen LogP contribution in [0.5, 0.6) is 5.88 Å². The minimum Gasteiger partial charge on any atom is -0.468 e. The lowest BCUT2D eigenvalue weighted by Crippen LogP contribution is -2.25. The maximum Gasteiger partial charge on any atom is 0.422 e. The van der Waals surface area contributed by atoms with E-state index in [1.165, 1.54) is 18.5 Å². The molecular weight excluding hydrogens is 315 g/mol. The number of ether oxygens (including phenoxy) is 1. The normalized spacial score (nSPS) is 11.3. The lowest BCUT2D eigenvalue weighted by atomic mass is 10.2. The summed E-state index contributed by atoms with van der Waals surface area (Å²) in [6, 6.07) is 3.06. The second kappa shape index (κ2) is 7.12. The van der Waals surface area contributed by atoms with Crippen LogP contribution in [0.3, 0.4) is 0 Å². The molecule has 0 spiro atoms. The van der Waals surface area contributed by atoms with Crippen molar-refractivity contribution >= 4 is 5.91 Å². The average molecular weight is 329 g/mol. The predicted molar refractivity (Wildman–Crippen MR) is 72.8 cm³/mol. The lowest BCUT2D eigenvalue weighted by Gasteiger charge is -2.12. The number of pyridine rings is 1. The van der Waals surface area contributed by atoms with Crippen molar-refractivity contribution in [1.29, 1.82) is 0 Å². The zero-order valence-electron chi connectivity index (χ0n) is 12.2. The Hall–Kier alpha value is -2.58. The van der Waals surface area contributed by atoms with Crippen LogP contribution in [0.2, 0.25) is 0 Å². The third kappa shape index (κ3) is 4.70. The van der Waals surface area contributed by atoms with Crippen LogP contribution in [0.4, 0.5) is 13.2 Å². The van der Waals surface area contributed by atoms with Gasteiger partial charge in [-0.1, -0.05) is 18.1 Å². The zero-order valence-corrected chi connectivity index (χ0v) is 12.2. The van der Waals surface area contributed by atoms with Gasteiger partial charge in [0.05, 0.1) is 5.69 Å². The van der Waals surface area contributed by atoms with Crippen molar-refractivity contribution in [1.82, 2.24) is 15.5 Å². The fourth-order valence-corrected chi connectivity index (χ4v) is 1.81. The van der Waals surface area contributed by atoms with E-state index in [2.05, 4.69) is 20.2 Å². The molecule has 6 nitrogen and oxygen atoms in total. The molecule has 0 aliphatic carbocycles. The average Bonchev–Trinajstić information content (AvgIpc) is 2.99. The summed E-state index contributed by atoms with van der Waals surface area (Å²) in [4.78, 5) is 15.8. The van der Waals surface area contributed by atoms with Crippen molar-refractivity contribution in [3.05, 3.63) is 41.4 Å². The minimum absolute atomic E-state index is 0.0335. The van der Waals surface area contributed by atoms with Gasteiger partial charge in [-0.15, -0.1) is 0 Å². The second-order valence-corrected chi connectivity index (χ2v) is 4.58. The van der Waals surface area contributed by atoms with E-state index < -0.39 is 18.7 Å². The maximum atomic E-state index is 12.2. The summed E-state index contributed by atoms with van der Waals surface area (Å²) in [7, 11) is 0. The van der Waals surface area contributed by atoms with Crippen LogP contribution in [0.15, 0.2) is 29.1 Å². The Bertz CT molecular complexity index is 671. The van der Waals surface area contributed by atoms with Crippen LogP contribution in [0.1, 0.15) is 28.5 Å². The second-order valence-electron chi connectivity index (χ2n) is 4.58. The van der Waals surface area contributed by atoms with Crippen LogP contribution in [0, 0.1) is 0 Å². The molecule has 1 amide bonds. The summed E-state index contributed by atoms with van der Waals surface area (Å²) < 4.78 is 46.0. The molecule has 9 heteroatoms. The van der Waals surface area contributed by atoms with Gasteiger partial charge < -0.3 is 14.6 Å². The minimum atomic E-state index is -4.46. The third-order valence-corrected chi connectivity index (χ3v) is 2.89. The maximum absolute atomic E-state index is 12.2. The molecule has 2 aromatic heterocycles. The number of hydrogen-bond acceptors (Lipinski definition) is 5. The highest BCUT2D eigenvalue weighted by Crippen LogP contribution is 2.20. The van der Waals surface area contributed by atoms with Crippen molar-refractivity contribution in [2.24, 2.45) is 0 Å². The van der Waals surface area contributed by atoms with Crippen LogP contribution in [-0.2, 0) is 13.0 Å². The monoisotopic (exact) mass is 329 g/mol. The number of halogens is 3. The van der Waals surface area contributed by atoms with Crippen molar-refractivity contribution in [2.45, 2.75) is 26.1 Å². The predicted octanol–water partition coefficient (Wildman–Crippen LogP) is 2.50. The van der Waals surface area contributed by atoms with E-state index in [9.17, 15) is 18.0 Å². The first kappa shape index (κ1) is 16.8. The van der Waals surface area contributed by atoms with Gasteiger partial charge in [-0.2, -0.15) is 13.2 Å². The summed E-state index contributed by atoms with van der Waals surface area (Å²) in [5.74, 6) is -0.611. The molecule has 0 atom stereocenters. The zero-order chi connectivity index (χ0) is 16.9. The number of carbonyl (C=O) groups excluding carboxylic acids is 1. The van der Waals surface area contributed by atoms with E-state index in [4.69, 9.17) is 4.52 Å². The van der Waals surface area contributed by atoms with Crippen molar-refractivity contribution < 1.29 is 27.2 Å². The molecule has 23 heavy (non-hydrogen) atoms. The van der Waals surface area contributed by atoms with Gasteiger partial charge in [0, 0.05) is 18.3 Å². The molecule has 0 fully saturated rings. The number of amides is 1. The fraction of sp³-hybridized carbons (Fsp3) is 0.357. The number of nitrogens with one attached hydrogen (secondary N) is 1. The number of nitrogens with zero attached hydrogens (tertiary/aromatic N) is 2. The van der Waals surface area contributed by atoms with Crippen LogP contribution in [0.25, 0.3) is 0 Å². The number of carbonyl (C=O) groups is 1. The molecule has 2 aromatic rings. The smallest absolute Gasteiger partial charge is 0.422 e. The Morgan fingerprint density at radius 2 is 2.22 bits per heavy atom. The Labute approximate surface area is 129 Å². The summed E-state index contributed by atoms with van der Waals surface area (Å²) in [6.07, 6.45) is -1.41. The Balaban J connectivity index is 2.02. The quantitative estimate of drug-likeness (QED) is 0.881. The number of alkyl halides is 3. The van der Waals surface area contributed by atoms with Gasteiger partial charge in [0.1, 0.15) is 11.8 Å². The van der Waals surface area contributed by atoms with E-state index in [0.717, 1.165) is 0 Å². The largest absolute Gasteiger partial charge is 0.468 e. The lowest BCUT2D eigenvalue weighted by molar-refractivity contribution is -0.154. The van der Waals surface area contributed by atoms with Gasteiger partial charge in [0.15, 0.2) is 6.61 Å². The number of aromatic nitrogens is 2. The van der Waals surface area contributed by atoms with E-state index in [1.54, 1.807) is 6.07 Å². The molecule has 0 aliphatic rings. The van der Waals surface area contributed by atoms with E-state index in [1.807, 2.05) is 6.92 Å². The summed E-state index contributed by atoms with van der Waals surface area (Å²) in [5.41, 5.74) is 1.12. The van der Waals surface area contributed by atoms with Crippen molar-refractivity contribution in [2.75, 3.05) is 6.61 Å². The molecule has 124 valence electrons. The van der Waals surface area contributed by atoms with Gasteiger partial charge in [-0.3, -0.25) is 4.79 Å². The molecule has 0 saturated heterocycles. The molecular formula is C14H14F3N3O3. The Morgan fingerprint density at radius 3 is 2.91 bits per heavy atom. The van der Waals surface area contributed by atoms with Crippen LogP contribution >= 0.6 is 0 Å². The van der Waals surface area contributed by atoms with Crippen LogP contribution < -0.4 is 10.1 Å². The first-order valence-corrected chi connectivity index (χ1v) is 6.75. The van der Waals surface area contributed by atoms with Gasteiger partial charge in [-0.25, -0.2) is 4.98 Å². The number of rotatable bonds is 6.